The Morgan fingerprint density at radius 2 is 1.92 bits per heavy atom. The molecule has 0 radical (unpaired) electrons. The van der Waals surface area contributed by atoms with E-state index in [1.807, 2.05) is 13.0 Å². The van der Waals surface area contributed by atoms with Gasteiger partial charge in [-0.05, 0) is 38.2 Å². The average Bonchev–Trinajstić information content (AvgIpc) is 3.22. The van der Waals surface area contributed by atoms with Gasteiger partial charge in [0, 0.05) is 50.6 Å². The van der Waals surface area contributed by atoms with Crippen molar-refractivity contribution in [2.75, 3.05) is 38.8 Å². The molecule has 2 aromatic heterocycles. The number of aromatic amines is 1. The molecule has 0 aromatic carbocycles. The summed E-state index contributed by atoms with van der Waals surface area (Å²) in [6.45, 7) is 5.27. The summed E-state index contributed by atoms with van der Waals surface area (Å²) in [5.41, 5.74) is 1.68. The first-order valence-corrected chi connectivity index (χ1v) is 9.11. The highest BCUT2D eigenvalue weighted by molar-refractivity contribution is 5.82. The third-order valence-corrected chi connectivity index (χ3v) is 4.15. The summed E-state index contributed by atoms with van der Waals surface area (Å²) in [7, 11) is 1.79. The van der Waals surface area contributed by atoms with E-state index < -0.39 is 0 Å². The molecule has 0 saturated carbocycles. The molecule has 26 heavy (non-hydrogen) atoms. The second-order valence-corrected chi connectivity index (χ2v) is 6.37. The van der Waals surface area contributed by atoms with Gasteiger partial charge in [-0.15, -0.1) is 0 Å². The maximum absolute atomic E-state index is 11.2. The summed E-state index contributed by atoms with van der Waals surface area (Å²) in [4.78, 5) is 18.2. The van der Waals surface area contributed by atoms with E-state index in [1.54, 1.807) is 19.3 Å². The van der Waals surface area contributed by atoms with Crippen LogP contribution in [0.5, 0.6) is 0 Å². The Labute approximate surface area is 153 Å². The van der Waals surface area contributed by atoms with Crippen molar-refractivity contribution >= 4 is 16.7 Å². The lowest BCUT2D eigenvalue weighted by molar-refractivity contribution is -0.00535. The summed E-state index contributed by atoms with van der Waals surface area (Å²) in [5.74, 6) is 0.749. The molecule has 2 fully saturated rings. The van der Waals surface area contributed by atoms with Gasteiger partial charge in [0.25, 0.3) is 0 Å². The van der Waals surface area contributed by atoms with E-state index in [9.17, 15) is 4.79 Å². The van der Waals surface area contributed by atoms with Gasteiger partial charge in [0.05, 0.1) is 18.2 Å². The van der Waals surface area contributed by atoms with Crippen molar-refractivity contribution < 1.29 is 14.6 Å². The highest BCUT2D eigenvalue weighted by atomic mass is 16.5. The number of fused-ring (bicyclic) bond motifs is 1. The summed E-state index contributed by atoms with van der Waals surface area (Å²) in [5, 5.41) is 12.7. The van der Waals surface area contributed by atoms with E-state index in [4.69, 9.17) is 14.6 Å². The topological polar surface area (TPSA) is 96.5 Å². The molecule has 0 bridgehead atoms. The number of H-pyrrole nitrogens is 1. The summed E-state index contributed by atoms with van der Waals surface area (Å²) in [6, 6.07) is 3.40. The minimum Gasteiger partial charge on any atom is -0.391 e. The van der Waals surface area contributed by atoms with E-state index in [2.05, 4.69) is 15.3 Å². The van der Waals surface area contributed by atoms with Gasteiger partial charge in [-0.1, -0.05) is 0 Å². The summed E-state index contributed by atoms with van der Waals surface area (Å²) < 4.78 is 9.88. The van der Waals surface area contributed by atoms with Gasteiger partial charge in [0.15, 0.2) is 0 Å². The molecule has 1 atom stereocenters. The summed E-state index contributed by atoms with van der Waals surface area (Å²) >= 11 is 0. The number of hydrogen-bond acceptors (Lipinski definition) is 6. The molecule has 7 nitrogen and oxygen atoms in total. The molecule has 1 unspecified atom stereocenters. The number of nitrogens with zero attached hydrogens (tertiary/aromatic N) is 1. The molecular formula is C19H29N3O4. The van der Waals surface area contributed by atoms with Crippen molar-refractivity contribution in [2.45, 2.75) is 38.7 Å². The lowest BCUT2D eigenvalue weighted by Crippen LogP contribution is -2.21. The summed E-state index contributed by atoms with van der Waals surface area (Å²) in [6.07, 6.45) is 6.06. The van der Waals surface area contributed by atoms with Crippen LogP contribution in [-0.4, -0.2) is 54.7 Å². The predicted octanol–water partition coefficient (Wildman–Crippen LogP) is 2.23. The van der Waals surface area contributed by atoms with Crippen LogP contribution in [0.4, 0.5) is 5.82 Å². The standard InChI is InChI=1S/C10H11N3O.C5H10O2.C4H8O/c1-6-3-10(14)13-8-4-9(11-2)12-5-7(6)8;6-5-2-1-3-7-4-5;1-2-4-5-3-1/h3-5H,1-2H3,(H,11,12)(H,13,14);5-6H,1-4H2;1-4H2. The fourth-order valence-electron chi connectivity index (χ4n) is 2.69. The first-order chi connectivity index (χ1) is 12.6. The van der Waals surface area contributed by atoms with Crippen LogP contribution in [0.2, 0.25) is 0 Å². The molecule has 3 N–H and O–H groups in total. The monoisotopic (exact) mass is 363 g/mol. The number of anilines is 1. The zero-order valence-electron chi connectivity index (χ0n) is 15.6. The Morgan fingerprint density at radius 3 is 2.42 bits per heavy atom. The van der Waals surface area contributed by atoms with Gasteiger partial charge in [0.1, 0.15) is 5.82 Å². The molecule has 0 aliphatic carbocycles. The lowest BCUT2D eigenvalue weighted by Gasteiger charge is -2.15. The molecule has 4 heterocycles. The van der Waals surface area contributed by atoms with Crippen molar-refractivity contribution in [3.63, 3.8) is 0 Å². The van der Waals surface area contributed by atoms with Gasteiger partial charge in [-0.3, -0.25) is 4.79 Å². The number of aliphatic hydroxyl groups is 1. The van der Waals surface area contributed by atoms with Crippen LogP contribution in [0.15, 0.2) is 23.1 Å². The second kappa shape index (κ2) is 10.9. The Kier molecular flexibility index (Phi) is 8.53. The van der Waals surface area contributed by atoms with Crippen LogP contribution in [0.3, 0.4) is 0 Å². The normalized spacial score (nSPS) is 19.1. The minimum absolute atomic E-state index is 0.0803. The Bertz CT molecular complexity index is 715. The van der Waals surface area contributed by atoms with Crippen LogP contribution < -0.4 is 10.9 Å². The predicted molar refractivity (Wildman–Crippen MR) is 103 cm³/mol. The third-order valence-electron chi connectivity index (χ3n) is 4.15. The molecule has 2 saturated heterocycles. The van der Waals surface area contributed by atoms with E-state index in [1.165, 1.54) is 12.8 Å². The first kappa shape index (κ1) is 20.4. The maximum Gasteiger partial charge on any atom is 0.248 e. The third kappa shape index (κ3) is 6.74. The van der Waals surface area contributed by atoms with Gasteiger partial charge < -0.3 is 24.9 Å². The van der Waals surface area contributed by atoms with Gasteiger partial charge in [0.2, 0.25) is 5.56 Å². The van der Waals surface area contributed by atoms with Crippen LogP contribution in [0.1, 0.15) is 31.2 Å². The number of aryl methyl sites for hydroxylation is 1. The number of pyridine rings is 2. The minimum atomic E-state index is -0.186. The second-order valence-electron chi connectivity index (χ2n) is 6.37. The van der Waals surface area contributed by atoms with Gasteiger partial charge >= 0.3 is 0 Å². The fraction of sp³-hybridized carbons (Fsp3) is 0.579. The quantitative estimate of drug-likeness (QED) is 0.719. The van der Waals surface area contributed by atoms with Crippen LogP contribution >= 0.6 is 0 Å². The molecule has 0 amide bonds. The van der Waals surface area contributed by atoms with E-state index in [0.717, 1.165) is 54.9 Å². The van der Waals surface area contributed by atoms with Crippen molar-refractivity contribution in [2.24, 2.45) is 0 Å². The zero-order valence-corrected chi connectivity index (χ0v) is 15.6. The molecule has 2 aliphatic heterocycles. The Balaban J connectivity index is 0.000000167. The number of ether oxygens (including phenoxy) is 2. The molecule has 2 aromatic rings. The zero-order chi connectivity index (χ0) is 18.8. The number of aliphatic hydroxyl groups excluding tert-OH is 1. The number of aromatic nitrogens is 2. The molecule has 144 valence electrons. The Morgan fingerprint density at radius 1 is 1.19 bits per heavy atom. The van der Waals surface area contributed by atoms with Gasteiger partial charge in [-0.2, -0.15) is 0 Å². The van der Waals surface area contributed by atoms with E-state index >= 15 is 0 Å². The first-order valence-electron chi connectivity index (χ1n) is 9.11. The average molecular weight is 363 g/mol. The van der Waals surface area contributed by atoms with Crippen LogP contribution in [0, 0.1) is 6.92 Å². The van der Waals surface area contributed by atoms with Crippen molar-refractivity contribution in [3.8, 4) is 0 Å². The molecular weight excluding hydrogens is 334 g/mol. The van der Waals surface area contributed by atoms with E-state index in [0.29, 0.717) is 6.61 Å². The molecule has 2 aliphatic rings. The number of nitrogens with one attached hydrogen (secondary N) is 2. The fourth-order valence-corrected chi connectivity index (χ4v) is 2.69. The van der Waals surface area contributed by atoms with E-state index in [-0.39, 0.29) is 11.7 Å². The molecule has 7 heteroatoms. The highest BCUT2D eigenvalue weighted by Gasteiger charge is 2.08. The van der Waals surface area contributed by atoms with Crippen LogP contribution in [0.25, 0.3) is 10.9 Å². The Hall–Kier alpha value is -1.96. The molecule has 4 rings (SSSR count). The molecule has 0 spiro atoms. The van der Waals surface area contributed by atoms with Gasteiger partial charge in [-0.25, -0.2) is 4.98 Å². The van der Waals surface area contributed by atoms with Crippen LogP contribution in [-0.2, 0) is 9.47 Å². The largest absolute Gasteiger partial charge is 0.391 e. The number of hydrogen-bond donors (Lipinski definition) is 3. The lowest BCUT2D eigenvalue weighted by atomic mass is 10.2. The van der Waals surface area contributed by atoms with Crippen molar-refractivity contribution in [1.82, 2.24) is 9.97 Å². The SMILES string of the molecule is C1CCOC1.CNc1cc2[nH]c(=O)cc(C)c2cn1.OC1CCCOC1. The number of rotatable bonds is 1. The smallest absolute Gasteiger partial charge is 0.248 e. The maximum atomic E-state index is 11.2. The van der Waals surface area contributed by atoms with Crippen molar-refractivity contribution in [3.05, 3.63) is 34.2 Å². The highest BCUT2D eigenvalue weighted by Crippen LogP contribution is 2.15. The van der Waals surface area contributed by atoms with Crippen molar-refractivity contribution in [1.29, 1.82) is 0 Å².